The maximum atomic E-state index is 11.3. The zero-order chi connectivity index (χ0) is 13.1. The van der Waals surface area contributed by atoms with Gasteiger partial charge in [-0.05, 0) is 6.92 Å². The Morgan fingerprint density at radius 2 is 2.29 bits per heavy atom. The van der Waals surface area contributed by atoms with E-state index in [0.29, 0.717) is 12.2 Å². The Kier molecular flexibility index (Phi) is 4.41. The van der Waals surface area contributed by atoms with E-state index in [1.807, 2.05) is 6.92 Å². The van der Waals surface area contributed by atoms with Gasteiger partial charge in [0.15, 0.2) is 0 Å². The first kappa shape index (κ1) is 13.9. The van der Waals surface area contributed by atoms with E-state index in [1.165, 1.54) is 13.1 Å². The van der Waals surface area contributed by atoms with Gasteiger partial charge in [0.25, 0.3) is 0 Å². The summed E-state index contributed by atoms with van der Waals surface area (Å²) < 4.78 is 16.4. The predicted octanol–water partition coefficient (Wildman–Crippen LogP) is 0.323. The number of aryl methyl sites for hydroxylation is 1. The van der Waals surface area contributed by atoms with Crippen LogP contribution >= 0.6 is 7.82 Å². The molecule has 8 nitrogen and oxygen atoms in total. The molecule has 1 rings (SSSR count). The number of carbonyl (C=O) groups is 1. The second-order valence-corrected chi connectivity index (χ2v) is 4.49. The van der Waals surface area contributed by atoms with Crippen molar-refractivity contribution in [2.75, 3.05) is 11.6 Å². The molecule has 0 radical (unpaired) electrons. The number of hydrogen-bond acceptors (Lipinski definition) is 4. The minimum atomic E-state index is -4.60. The second kappa shape index (κ2) is 5.42. The summed E-state index contributed by atoms with van der Waals surface area (Å²) in [6, 6.07) is 0. The van der Waals surface area contributed by atoms with Crippen molar-refractivity contribution < 1.29 is 23.7 Å². The van der Waals surface area contributed by atoms with Gasteiger partial charge in [0.2, 0.25) is 5.91 Å². The van der Waals surface area contributed by atoms with Gasteiger partial charge in [-0.1, -0.05) is 0 Å². The number of aromatic nitrogens is 2. The number of carbonyl (C=O) groups excluding carboxylic acids is 1. The fraction of sp³-hybridized carbons (Fsp3) is 0.500. The van der Waals surface area contributed by atoms with Crippen LogP contribution in [0.3, 0.4) is 0 Å². The van der Waals surface area contributed by atoms with Gasteiger partial charge in [-0.25, -0.2) is 4.57 Å². The highest BCUT2D eigenvalue weighted by molar-refractivity contribution is 7.46. The molecule has 0 atom stereocenters. The second-order valence-electron chi connectivity index (χ2n) is 3.25. The number of hydrogen-bond donors (Lipinski definition) is 2. The van der Waals surface area contributed by atoms with Crippen molar-refractivity contribution in [2.24, 2.45) is 0 Å². The molecule has 1 aromatic heterocycles. The summed E-state index contributed by atoms with van der Waals surface area (Å²) in [5.41, 5.74) is 0.424. The molecule has 0 spiro atoms. The van der Waals surface area contributed by atoms with Gasteiger partial charge in [0, 0.05) is 19.7 Å². The molecule has 96 valence electrons. The minimum absolute atomic E-state index is 0.394. The number of phosphoric acid groups is 1. The van der Waals surface area contributed by atoms with Crippen LogP contribution in [0.4, 0.5) is 5.69 Å². The number of nitrogens with zero attached hydrogens (tertiary/aromatic N) is 3. The molecule has 0 fully saturated rings. The van der Waals surface area contributed by atoms with Gasteiger partial charge < -0.3 is 9.79 Å². The number of amides is 1. The summed E-state index contributed by atoms with van der Waals surface area (Å²) in [5, 5.41) is 3.96. The Hall–Kier alpha value is -1.21. The largest absolute Gasteiger partial charge is 0.471 e. The Morgan fingerprint density at radius 1 is 1.65 bits per heavy atom. The molecule has 0 saturated carbocycles. The van der Waals surface area contributed by atoms with Crippen molar-refractivity contribution in [1.29, 1.82) is 0 Å². The van der Waals surface area contributed by atoms with Crippen LogP contribution in [0, 0.1) is 0 Å². The number of phosphoric ester groups is 1. The fourth-order valence-corrected chi connectivity index (χ4v) is 1.41. The zero-order valence-corrected chi connectivity index (χ0v) is 10.4. The van der Waals surface area contributed by atoms with Gasteiger partial charge in [-0.15, -0.1) is 0 Å². The van der Waals surface area contributed by atoms with E-state index < -0.39 is 20.5 Å². The van der Waals surface area contributed by atoms with Crippen molar-refractivity contribution in [2.45, 2.75) is 20.4 Å². The normalized spacial score (nSPS) is 11.5. The molecule has 0 bridgehead atoms. The van der Waals surface area contributed by atoms with Crippen LogP contribution in [0.5, 0.6) is 0 Å². The smallest absolute Gasteiger partial charge is 0.303 e. The van der Waals surface area contributed by atoms with Crippen LogP contribution in [0.15, 0.2) is 12.4 Å². The van der Waals surface area contributed by atoms with Crippen molar-refractivity contribution in [3.8, 4) is 0 Å². The van der Waals surface area contributed by atoms with E-state index in [0.717, 1.165) is 4.90 Å². The maximum Gasteiger partial charge on any atom is 0.471 e. The SMILES string of the molecule is CCn1cc(N(COP(=O)(O)O)C(C)=O)cn1. The third kappa shape index (κ3) is 4.27. The Labute approximate surface area is 98.0 Å². The van der Waals surface area contributed by atoms with Gasteiger partial charge in [-0.3, -0.25) is 18.9 Å². The Balaban J connectivity index is 2.79. The molecule has 0 saturated heterocycles. The first-order valence-corrected chi connectivity index (χ1v) is 6.37. The summed E-state index contributed by atoms with van der Waals surface area (Å²) >= 11 is 0. The molecule has 0 unspecified atom stereocenters. The number of rotatable bonds is 5. The lowest BCUT2D eigenvalue weighted by Crippen LogP contribution is -2.30. The quantitative estimate of drug-likeness (QED) is 0.585. The molecule has 1 amide bonds. The highest BCUT2D eigenvalue weighted by Crippen LogP contribution is 2.36. The fourth-order valence-electron chi connectivity index (χ4n) is 1.15. The third-order valence-electron chi connectivity index (χ3n) is 1.99. The monoisotopic (exact) mass is 263 g/mol. The van der Waals surface area contributed by atoms with Crippen molar-refractivity contribution in [1.82, 2.24) is 9.78 Å². The number of anilines is 1. The summed E-state index contributed by atoms with van der Waals surface area (Å²) in [5.74, 6) is -0.394. The van der Waals surface area contributed by atoms with E-state index in [1.54, 1.807) is 10.9 Å². The van der Waals surface area contributed by atoms with E-state index >= 15 is 0 Å². The summed E-state index contributed by atoms with van der Waals surface area (Å²) in [6.07, 6.45) is 3.01. The molecular formula is C8H14N3O5P. The first-order valence-electron chi connectivity index (χ1n) is 4.84. The average Bonchev–Trinajstić information content (AvgIpc) is 2.64. The third-order valence-corrected chi connectivity index (χ3v) is 2.44. The highest BCUT2D eigenvalue weighted by Gasteiger charge is 2.20. The molecular weight excluding hydrogens is 249 g/mol. The van der Waals surface area contributed by atoms with Crippen LogP contribution in [0.2, 0.25) is 0 Å². The minimum Gasteiger partial charge on any atom is -0.303 e. The lowest BCUT2D eigenvalue weighted by atomic mass is 10.4. The van der Waals surface area contributed by atoms with Gasteiger partial charge >= 0.3 is 7.82 Å². The Bertz CT molecular complexity index is 440. The summed E-state index contributed by atoms with van der Waals surface area (Å²) in [4.78, 5) is 29.5. The van der Waals surface area contributed by atoms with Gasteiger partial charge in [-0.2, -0.15) is 5.10 Å². The molecule has 0 aliphatic rings. The van der Waals surface area contributed by atoms with Crippen LogP contribution in [0.1, 0.15) is 13.8 Å². The van der Waals surface area contributed by atoms with Crippen molar-refractivity contribution in [3.63, 3.8) is 0 Å². The predicted molar refractivity (Wildman–Crippen MR) is 59.1 cm³/mol. The average molecular weight is 263 g/mol. The molecule has 1 heterocycles. The summed E-state index contributed by atoms with van der Waals surface area (Å²) in [7, 11) is -4.60. The zero-order valence-electron chi connectivity index (χ0n) is 9.48. The van der Waals surface area contributed by atoms with E-state index in [9.17, 15) is 9.36 Å². The lowest BCUT2D eigenvalue weighted by molar-refractivity contribution is -0.117. The topological polar surface area (TPSA) is 105 Å². The van der Waals surface area contributed by atoms with E-state index in [4.69, 9.17) is 9.79 Å². The standard InChI is InChI=1S/C8H14N3O5P/c1-3-10-5-8(4-9-10)11(7(2)12)6-16-17(13,14)15/h4-5H,3,6H2,1-2H3,(H2,13,14,15). The van der Waals surface area contributed by atoms with E-state index in [2.05, 4.69) is 9.62 Å². The van der Waals surface area contributed by atoms with Crippen molar-refractivity contribution >= 4 is 19.4 Å². The first-order chi connectivity index (χ1) is 7.83. The maximum absolute atomic E-state index is 11.3. The summed E-state index contributed by atoms with van der Waals surface area (Å²) in [6.45, 7) is 3.26. The van der Waals surface area contributed by atoms with Crippen LogP contribution in [0.25, 0.3) is 0 Å². The van der Waals surface area contributed by atoms with Crippen LogP contribution in [-0.2, 0) is 20.4 Å². The van der Waals surface area contributed by atoms with Gasteiger partial charge in [0.05, 0.1) is 11.9 Å². The molecule has 0 aliphatic carbocycles. The molecule has 0 aromatic carbocycles. The van der Waals surface area contributed by atoms with Gasteiger partial charge in [0.1, 0.15) is 6.73 Å². The van der Waals surface area contributed by atoms with Crippen molar-refractivity contribution in [3.05, 3.63) is 12.4 Å². The molecule has 9 heteroatoms. The van der Waals surface area contributed by atoms with Crippen LogP contribution < -0.4 is 4.90 Å². The molecule has 1 aromatic rings. The Morgan fingerprint density at radius 3 is 2.71 bits per heavy atom. The lowest BCUT2D eigenvalue weighted by Gasteiger charge is -2.18. The highest BCUT2D eigenvalue weighted by atomic mass is 31.2. The van der Waals surface area contributed by atoms with Crippen LogP contribution in [-0.4, -0.2) is 32.2 Å². The molecule has 17 heavy (non-hydrogen) atoms. The molecule has 0 aliphatic heterocycles. The molecule has 2 N–H and O–H groups in total. The van der Waals surface area contributed by atoms with E-state index in [-0.39, 0.29) is 0 Å².